The van der Waals surface area contributed by atoms with Crippen LogP contribution < -0.4 is 14.9 Å². The molecule has 166 valence electrons. The molecule has 1 atom stereocenters. The number of amides is 2. The van der Waals surface area contributed by atoms with E-state index in [4.69, 9.17) is 16.3 Å². The number of halogens is 1. The SMILES string of the molecule is COCCNS(=O)(=O)c1ccc(CNC(=O)C2CC(=O)N(c3ccc(Cl)cc3)C2)cc1. The summed E-state index contributed by atoms with van der Waals surface area (Å²) in [6, 6.07) is 13.2. The van der Waals surface area contributed by atoms with Crippen LogP contribution >= 0.6 is 11.6 Å². The second-order valence-corrected chi connectivity index (χ2v) is 9.34. The number of ether oxygens (including phenoxy) is 1. The van der Waals surface area contributed by atoms with E-state index in [1.165, 1.54) is 19.2 Å². The van der Waals surface area contributed by atoms with Gasteiger partial charge in [-0.25, -0.2) is 13.1 Å². The van der Waals surface area contributed by atoms with E-state index >= 15 is 0 Å². The average Bonchev–Trinajstić information content (AvgIpc) is 3.15. The van der Waals surface area contributed by atoms with Crippen LogP contribution in [0.1, 0.15) is 12.0 Å². The van der Waals surface area contributed by atoms with Crippen molar-refractivity contribution in [3.63, 3.8) is 0 Å². The van der Waals surface area contributed by atoms with E-state index in [0.29, 0.717) is 17.3 Å². The van der Waals surface area contributed by atoms with Crippen LogP contribution in [0, 0.1) is 5.92 Å². The van der Waals surface area contributed by atoms with E-state index in [2.05, 4.69) is 10.0 Å². The van der Waals surface area contributed by atoms with Gasteiger partial charge in [0.1, 0.15) is 0 Å². The van der Waals surface area contributed by atoms with Crippen molar-refractivity contribution in [3.05, 3.63) is 59.1 Å². The molecule has 2 amide bonds. The fourth-order valence-electron chi connectivity index (χ4n) is 3.24. The second-order valence-electron chi connectivity index (χ2n) is 7.13. The highest BCUT2D eigenvalue weighted by Gasteiger charge is 2.34. The van der Waals surface area contributed by atoms with Crippen molar-refractivity contribution in [2.75, 3.05) is 31.7 Å². The molecule has 3 rings (SSSR count). The number of carbonyl (C=O) groups excluding carboxylic acids is 2. The van der Waals surface area contributed by atoms with Crippen LogP contribution in [0.2, 0.25) is 5.02 Å². The molecule has 10 heteroatoms. The molecule has 0 spiro atoms. The normalized spacial score (nSPS) is 16.5. The minimum absolute atomic E-state index is 0.113. The van der Waals surface area contributed by atoms with Crippen molar-refractivity contribution in [1.82, 2.24) is 10.0 Å². The van der Waals surface area contributed by atoms with Crippen LogP contribution in [0.4, 0.5) is 5.69 Å². The molecule has 0 aliphatic carbocycles. The monoisotopic (exact) mass is 465 g/mol. The first-order chi connectivity index (χ1) is 14.8. The van der Waals surface area contributed by atoms with Crippen molar-refractivity contribution >= 4 is 39.1 Å². The van der Waals surface area contributed by atoms with Crippen molar-refractivity contribution in [3.8, 4) is 0 Å². The van der Waals surface area contributed by atoms with E-state index < -0.39 is 15.9 Å². The smallest absolute Gasteiger partial charge is 0.240 e. The maximum Gasteiger partial charge on any atom is 0.240 e. The van der Waals surface area contributed by atoms with Gasteiger partial charge in [-0.05, 0) is 42.0 Å². The molecule has 1 saturated heterocycles. The molecule has 1 unspecified atom stereocenters. The van der Waals surface area contributed by atoms with E-state index in [-0.39, 0.29) is 42.8 Å². The van der Waals surface area contributed by atoms with E-state index in [1.54, 1.807) is 41.3 Å². The summed E-state index contributed by atoms with van der Waals surface area (Å²) in [5.41, 5.74) is 1.46. The van der Waals surface area contributed by atoms with Gasteiger partial charge in [-0.1, -0.05) is 23.7 Å². The van der Waals surface area contributed by atoms with Gasteiger partial charge >= 0.3 is 0 Å². The lowest BCUT2D eigenvalue weighted by molar-refractivity contribution is -0.126. The number of sulfonamides is 1. The molecular formula is C21H24ClN3O5S. The third kappa shape index (κ3) is 6.04. The molecule has 1 heterocycles. The van der Waals surface area contributed by atoms with Gasteiger partial charge in [-0.3, -0.25) is 9.59 Å². The predicted octanol–water partition coefficient (Wildman–Crippen LogP) is 1.93. The van der Waals surface area contributed by atoms with Gasteiger partial charge in [0.2, 0.25) is 21.8 Å². The third-order valence-corrected chi connectivity index (χ3v) is 6.66. The van der Waals surface area contributed by atoms with E-state index in [0.717, 1.165) is 5.56 Å². The Labute approximate surface area is 186 Å². The molecule has 1 aliphatic heterocycles. The van der Waals surface area contributed by atoms with Gasteiger partial charge in [0.25, 0.3) is 0 Å². The van der Waals surface area contributed by atoms with Crippen molar-refractivity contribution in [2.45, 2.75) is 17.9 Å². The molecule has 2 aromatic rings. The summed E-state index contributed by atoms with van der Waals surface area (Å²) >= 11 is 5.89. The topological polar surface area (TPSA) is 105 Å². The van der Waals surface area contributed by atoms with Gasteiger partial charge in [0.15, 0.2) is 0 Å². The third-order valence-electron chi connectivity index (χ3n) is 4.93. The highest BCUT2D eigenvalue weighted by molar-refractivity contribution is 7.89. The summed E-state index contributed by atoms with van der Waals surface area (Å²) in [5.74, 6) is -0.784. The van der Waals surface area contributed by atoms with Crippen molar-refractivity contribution in [2.24, 2.45) is 5.92 Å². The molecule has 0 bridgehead atoms. The Morgan fingerprint density at radius 1 is 1.16 bits per heavy atom. The summed E-state index contributed by atoms with van der Waals surface area (Å²) in [6.45, 7) is 1.00. The first kappa shape index (κ1) is 23.2. The predicted molar refractivity (Wildman–Crippen MR) is 117 cm³/mol. The highest BCUT2D eigenvalue weighted by atomic mass is 35.5. The van der Waals surface area contributed by atoms with E-state index in [1.807, 2.05) is 0 Å². The number of rotatable bonds is 9. The first-order valence-corrected chi connectivity index (χ1v) is 11.6. The molecule has 0 aromatic heterocycles. The van der Waals surface area contributed by atoms with Gasteiger partial charge in [0.05, 0.1) is 17.4 Å². The number of nitrogens with zero attached hydrogens (tertiary/aromatic N) is 1. The lowest BCUT2D eigenvalue weighted by Crippen LogP contribution is -2.32. The Morgan fingerprint density at radius 2 is 1.84 bits per heavy atom. The zero-order valence-corrected chi connectivity index (χ0v) is 18.6. The van der Waals surface area contributed by atoms with Gasteiger partial charge in [-0.2, -0.15) is 0 Å². The summed E-state index contributed by atoms with van der Waals surface area (Å²) < 4.78 is 31.6. The lowest BCUT2D eigenvalue weighted by atomic mass is 10.1. The standard InChI is InChI=1S/C21H24ClN3O5S/c1-30-11-10-24-31(28,29)19-8-2-15(3-9-19)13-23-21(27)16-12-20(26)25(14-16)18-6-4-17(22)5-7-18/h2-9,16,24H,10-14H2,1H3,(H,23,27). The number of anilines is 1. The zero-order valence-electron chi connectivity index (χ0n) is 17.0. The Bertz CT molecular complexity index is 1030. The van der Waals surface area contributed by atoms with Crippen LogP contribution in [-0.4, -0.2) is 47.0 Å². The largest absolute Gasteiger partial charge is 0.383 e. The zero-order chi connectivity index (χ0) is 22.4. The van der Waals surface area contributed by atoms with Crippen LogP contribution in [0.5, 0.6) is 0 Å². The molecule has 1 fully saturated rings. The number of benzene rings is 2. The number of methoxy groups -OCH3 is 1. The molecule has 31 heavy (non-hydrogen) atoms. The van der Waals surface area contributed by atoms with Crippen LogP contribution in [0.15, 0.2) is 53.4 Å². The maximum absolute atomic E-state index is 12.5. The summed E-state index contributed by atoms with van der Waals surface area (Å²) in [7, 11) is -2.11. The minimum Gasteiger partial charge on any atom is -0.383 e. The van der Waals surface area contributed by atoms with Crippen LogP contribution in [-0.2, 0) is 30.9 Å². The molecular weight excluding hydrogens is 442 g/mol. The average molecular weight is 466 g/mol. The van der Waals surface area contributed by atoms with Gasteiger partial charge in [-0.15, -0.1) is 0 Å². The molecule has 0 saturated carbocycles. The molecule has 2 N–H and O–H groups in total. The fourth-order valence-corrected chi connectivity index (χ4v) is 4.37. The van der Waals surface area contributed by atoms with Crippen molar-refractivity contribution < 1.29 is 22.7 Å². The minimum atomic E-state index is -3.60. The van der Waals surface area contributed by atoms with Gasteiger partial charge < -0.3 is 15.0 Å². The summed E-state index contributed by atoms with van der Waals surface area (Å²) in [5, 5.41) is 3.40. The molecule has 8 nitrogen and oxygen atoms in total. The van der Waals surface area contributed by atoms with Gasteiger partial charge in [0, 0.05) is 43.9 Å². The molecule has 1 aliphatic rings. The Hall–Kier alpha value is -2.46. The number of hydrogen-bond donors (Lipinski definition) is 2. The fraction of sp³-hybridized carbons (Fsp3) is 0.333. The second kappa shape index (κ2) is 10.2. The number of carbonyl (C=O) groups is 2. The summed E-state index contributed by atoms with van der Waals surface area (Å²) in [6.07, 6.45) is 0.138. The lowest BCUT2D eigenvalue weighted by Gasteiger charge is -2.16. The summed E-state index contributed by atoms with van der Waals surface area (Å²) in [4.78, 5) is 26.6. The van der Waals surface area contributed by atoms with Crippen LogP contribution in [0.3, 0.4) is 0 Å². The van der Waals surface area contributed by atoms with Crippen molar-refractivity contribution in [1.29, 1.82) is 0 Å². The first-order valence-electron chi connectivity index (χ1n) is 9.71. The maximum atomic E-state index is 12.5. The highest BCUT2D eigenvalue weighted by Crippen LogP contribution is 2.26. The number of nitrogens with one attached hydrogen (secondary N) is 2. The molecule has 2 aromatic carbocycles. The number of hydrogen-bond acceptors (Lipinski definition) is 5. The molecule has 0 radical (unpaired) electrons. The Morgan fingerprint density at radius 3 is 2.48 bits per heavy atom. The van der Waals surface area contributed by atoms with Crippen LogP contribution in [0.25, 0.3) is 0 Å². The Balaban J connectivity index is 1.54. The quantitative estimate of drug-likeness (QED) is 0.550. The van der Waals surface area contributed by atoms with E-state index in [9.17, 15) is 18.0 Å². The Kier molecular flexibility index (Phi) is 7.66.